The Bertz CT molecular complexity index is 286. The Hall–Kier alpha value is -0.430. The van der Waals surface area contributed by atoms with Crippen LogP contribution in [0.5, 0.6) is 0 Å². The molecule has 0 aliphatic heterocycles. The number of rotatable bonds is 3. The Morgan fingerprint density at radius 3 is 2.83 bits per heavy atom. The highest BCUT2D eigenvalue weighted by Gasteiger charge is 2.02. The van der Waals surface area contributed by atoms with Gasteiger partial charge in [-0.25, -0.2) is 9.27 Å². The number of hydroxylamine groups is 1. The van der Waals surface area contributed by atoms with E-state index < -0.39 is 11.4 Å². The number of aryl methyl sites for hydroxylation is 1. The van der Waals surface area contributed by atoms with Gasteiger partial charge in [0.05, 0.1) is 5.69 Å². The molecule has 0 amide bonds. The first-order chi connectivity index (χ1) is 5.59. The molecule has 0 radical (unpaired) electrons. The van der Waals surface area contributed by atoms with Gasteiger partial charge in [0.2, 0.25) is 0 Å². The maximum absolute atomic E-state index is 10.1. The summed E-state index contributed by atoms with van der Waals surface area (Å²) in [7, 11) is 1.54. The van der Waals surface area contributed by atoms with E-state index in [0.717, 1.165) is 10.6 Å². The van der Waals surface area contributed by atoms with Crippen molar-refractivity contribution in [3.05, 3.63) is 16.3 Å². The molecule has 12 heavy (non-hydrogen) atoms. The lowest BCUT2D eigenvalue weighted by Crippen LogP contribution is -2.18. The summed E-state index contributed by atoms with van der Waals surface area (Å²) in [4.78, 5) is 1.11. The average Bonchev–Trinajstić information content (AvgIpc) is 2.34. The van der Waals surface area contributed by atoms with Gasteiger partial charge in [-0.2, -0.15) is 4.28 Å². The molecular formula is C6H8NO3S2-. The minimum Gasteiger partial charge on any atom is -0.748 e. The van der Waals surface area contributed by atoms with E-state index >= 15 is 0 Å². The van der Waals surface area contributed by atoms with Crippen LogP contribution >= 0.6 is 11.3 Å². The molecule has 1 heterocycles. The minimum absolute atomic E-state index is 0.738. The van der Waals surface area contributed by atoms with Crippen LogP contribution in [0.2, 0.25) is 0 Å². The molecule has 1 aromatic rings. The average molecular weight is 206 g/mol. The molecule has 0 aromatic carbocycles. The Balaban J connectivity index is 2.64. The van der Waals surface area contributed by atoms with Crippen LogP contribution in [0.25, 0.3) is 0 Å². The zero-order chi connectivity index (χ0) is 9.14. The van der Waals surface area contributed by atoms with E-state index in [1.165, 1.54) is 23.4 Å². The second-order valence-corrected chi connectivity index (χ2v) is 3.86. The van der Waals surface area contributed by atoms with E-state index in [9.17, 15) is 8.76 Å². The van der Waals surface area contributed by atoms with Gasteiger partial charge in [-0.1, -0.05) is 0 Å². The van der Waals surface area contributed by atoms with Crippen molar-refractivity contribution in [3.8, 4) is 0 Å². The molecule has 1 rings (SSSR count). The van der Waals surface area contributed by atoms with Crippen molar-refractivity contribution < 1.29 is 13.0 Å². The summed E-state index contributed by atoms with van der Waals surface area (Å²) in [5.74, 6) is 0. The zero-order valence-electron chi connectivity index (χ0n) is 6.64. The molecule has 0 saturated heterocycles. The van der Waals surface area contributed by atoms with Crippen molar-refractivity contribution in [2.24, 2.45) is 0 Å². The van der Waals surface area contributed by atoms with E-state index in [-0.39, 0.29) is 0 Å². The third kappa shape index (κ3) is 2.56. The highest BCUT2D eigenvalue weighted by atomic mass is 32.2. The first-order valence-electron chi connectivity index (χ1n) is 3.16. The van der Waals surface area contributed by atoms with Crippen LogP contribution in [-0.2, 0) is 15.6 Å². The summed E-state index contributed by atoms with van der Waals surface area (Å²) in [5.41, 5.74) is 0.738. The fraction of sp³-hybridized carbons (Fsp3) is 0.333. The zero-order valence-corrected chi connectivity index (χ0v) is 8.28. The molecule has 4 nitrogen and oxygen atoms in total. The summed E-state index contributed by atoms with van der Waals surface area (Å²) in [6, 6.07) is 1.84. The van der Waals surface area contributed by atoms with Crippen molar-refractivity contribution in [2.75, 3.05) is 12.1 Å². The van der Waals surface area contributed by atoms with Gasteiger partial charge in [0.1, 0.15) is 11.4 Å². The predicted molar refractivity (Wildman–Crippen MR) is 47.5 cm³/mol. The van der Waals surface area contributed by atoms with Crippen LogP contribution in [-0.4, -0.2) is 15.8 Å². The van der Waals surface area contributed by atoms with Crippen molar-refractivity contribution in [2.45, 2.75) is 6.92 Å². The molecule has 0 N–H and O–H groups in total. The molecule has 0 aliphatic carbocycles. The van der Waals surface area contributed by atoms with Gasteiger partial charge < -0.3 is 4.55 Å². The fourth-order valence-electron chi connectivity index (χ4n) is 0.729. The number of hydrogen-bond acceptors (Lipinski definition) is 5. The molecule has 1 aromatic heterocycles. The largest absolute Gasteiger partial charge is 0.748 e. The maximum atomic E-state index is 10.1. The van der Waals surface area contributed by atoms with Gasteiger partial charge >= 0.3 is 0 Å². The summed E-state index contributed by atoms with van der Waals surface area (Å²) in [6.07, 6.45) is 0. The Kier molecular flexibility index (Phi) is 3.21. The summed E-state index contributed by atoms with van der Waals surface area (Å²) < 4.78 is 24.7. The van der Waals surface area contributed by atoms with Crippen LogP contribution < -0.4 is 5.06 Å². The molecular weight excluding hydrogens is 198 g/mol. The van der Waals surface area contributed by atoms with Crippen molar-refractivity contribution in [1.29, 1.82) is 0 Å². The monoisotopic (exact) mass is 206 g/mol. The van der Waals surface area contributed by atoms with Crippen LogP contribution in [0.15, 0.2) is 11.4 Å². The lowest BCUT2D eigenvalue weighted by atomic mass is 10.4. The minimum atomic E-state index is -2.51. The Morgan fingerprint density at radius 1 is 1.75 bits per heavy atom. The normalized spacial score (nSPS) is 12.9. The number of hydrogen-bond donors (Lipinski definition) is 0. The van der Waals surface area contributed by atoms with E-state index in [0.29, 0.717) is 0 Å². The molecule has 6 heteroatoms. The van der Waals surface area contributed by atoms with E-state index in [2.05, 4.69) is 4.28 Å². The first-order valence-corrected chi connectivity index (χ1v) is 5.04. The number of thiophene rings is 1. The summed E-state index contributed by atoms with van der Waals surface area (Å²) in [6.45, 7) is 1.94. The SMILES string of the molecule is Cc1cc(N(C)OS(=O)[O-])cs1. The van der Waals surface area contributed by atoms with Crippen molar-refractivity contribution in [3.63, 3.8) is 0 Å². The van der Waals surface area contributed by atoms with Crippen molar-refractivity contribution >= 4 is 28.4 Å². The second-order valence-electron chi connectivity index (χ2n) is 2.19. The lowest BCUT2D eigenvalue weighted by Gasteiger charge is -2.16. The topological polar surface area (TPSA) is 52.6 Å². The van der Waals surface area contributed by atoms with Crippen LogP contribution in [0, 0.1) is 6.92 Å². The molecule has 68 valence electrons. The smallest absolute Gasteiger partial charge is 0.112 e. The van der Waals surface area contributed by atoms with Crippen LogP contribution in [0.3, 0.4) is 0 Å². The van der Waals surface area contributed by atoms with E-state index in [1.807, 2.05) is 18.4 Å². The maximum Gasteiger partial charge on any atom is 0.112 e. The lowest BCUT2D eigenvalue weighted by molar-refractivity contribution is 0.289. The molecule has 0 spiro atoms. The molecule has 1 unspecified atom stereocenters. The Morgan fingerprint density at radius 2 is 2.42 bits per heavy atom. The third-order valence-corrected chi connectivity index (χ3v) is 2.45. The van der Waals surface area contributed by atoms with Gasteiger partial charge in [-0.15, -0.1) is 11.3 Å². The quantitative estimate of drug-likeness (QED) is 0.551. The number of nitrogens with zero attached hydrogens (tertiary/aromatic N) is 1. The van der Waals surface area contributed by atoms with Gasteiger partial charge in [-0.05, 0) is 13.0 Å². The Labute approximate surface area is 77.2 Å². The van der Waals surface area contributed by atoms with Crippen LogP contribution in [0.1, 0.15) is 4.88 Å². The van der Waals surface area contributed by atoms with E-state index in [4.69, 9.17) is 0 Å². The van der Waals surface area contributed by atoms with Crippen LogP contribution in [0.4, 0.5) is 5.69 Å². The van der Waals surface area contributed by atoms with Crippen molar-refractivity contribution in [1.82, 2.24) is 0 Å². The highest BCUT2D eigenvalue weighted by Crippen LogP contribution is 2.21. The number of anilines is 1. The predicted octanol–water partition coefficient (Wildman–Crippen LogP) is 1.22. The second kappa shape index (κ2) is 3.99. The standard InChI is InChI=1S/C6H9NO3S2/c1-5-3-6(4-11-5)7(2)10-12(8)9/h3-4H,1-2H3,(H,8,9)/p-1. The summed E-state index contributed by atoms with van der Waals surface area (Å²) >= 11 is -0.969. The summed E-state index contributed by atoms with van der Waals surface area (Å²) in [5, 5.41) is 3.02. The van der Waals surface area contributed by atoms with Gasteiger partial charge in [0, 0.05) is 17.3 Å². The van der Waals surface area contributed by atoms with Gasteiger partial charge in [-0.3, -0.25) is 0 Å². The molecule has 0 bridgehead atoms. The molecule has 0 aliphatic rings. The highest BCUT2D eigenvalue weighted by molar-refractivity contribution is 7.74. The first kappa shape index (κ1) is 9.66. The molecule has 0 saturated carbocycles. The molecule has 0 fully saturated rings. The molecule has 1 atom stereocenters. The van der Waals surface area contributed by atoms with E-state index in [1.54, 1.807) is 0 Å². The van der Waals surface area contributed by atoms with Gasteiger partial charge in [0.25, 0.3) is 0 Å². The fourth-order valence-corrected chi connectivity index (χ4v) is 1.71. The third-order valence-electron chi connectivity index (χ3n) is 1.25. The van der Waals surface area contributed by atoms with Gasteiger partial charge in [0.15, 0.2) is 0 Å².